The number of para-hydroxylation sites is 2. The highest BCUT2D eigenvalue weighted by Crippen LogP contribution is 2.37. The second-order valence-electron chi connectivity index (χ2n) is 5.38. The van der Waals surface area contributed by atoms with Crippen molar-refractivity contribution in [2.45, 2.75) is 6.92 Å². The van der Waals surface area contributed by atoms with Crippen molar-refractivity contribution in [3.63, 3.8) is 0 Å². The molecule has 23 heavy (non-hydrogen) atoms. The Bertz CT molecular complexity index is 1030. The predicted molar refractivity (Wildman–Crippen MR) is 86.9 cm³/mol. The van der Waals surface area contributed by atoms with E-state index < -0.39 is 0 Å². The molecule has 1 aliphatic heterocycles. The van der Waals surface area contributed by atoms with Gasteiger partial charge in [0.25, 0.3) is 0 Å². The summed E-state index contributed by atoms with van der Waals surface area (Å²) in [6.07, 6.45) is 0. The molecule has 2 aromatic carbocycles. The Balaban J connectivity index is 2.04. The van der Waals surface area contributed by atoms with Crippen LogP contribution in [-0.4, -0.2) is 27.1 Å². The number of fused-ring (bicyclic) bond motifs is 2. The molecule has 0 amide bonds. The number of nitrogens with zero attached hydrogens (tertiary/aromatic N) is 2. The SMILES string of the molecule is CC(=O)n1c(O)c(C2=Nc3ccccc3C2=O)c2ccccc21. The summed E-state index contributed by atoms with van der Waals surface area (Å²) in [5.74, 6) is -0.825. The maximum absolute atomic E-state index is 12.6. The lowest BCUT2D eigenvalue weighted by molar-refractivity contribution is 0.0932. The Kier molecular flexibility index (Phi) is 2.72. The number of aromatic hydroxyl groups is 1. The minimum atomic E-state index is -0.325. The molecule has 1 N–H and O–H groups in total. The first-order valence-corrected chi connectivity index (χ1v) is 7.15. The van der Waals surface area contributed by atoms with Gasteiger partial charge in [-0.3, -0.25) is 14.2 Å². The number of hydrogen-bond donors (Lipinski definition) is 1. The number of hydrogen-bond acceptors (Lipinski definition) is 4. The quantitative estimate of drug-likeness (QED) is 0.749. The maximum atomic E-state index is 12.6. The normalized spacial score (nSPS) is 13.3. The number of rotatable bonds is 1. The van der Waals surface area contributed by atoms with Crippen LogP contribution in [0.5, 0.6) is 5.88 Å². The van der Waals surface area contributed by atoms with Gasteiger partial charge in [0.1, 0.15) is 5.71 Å². The van der Waals surface area contributed by atoms with E-state index in [1.807, 2.05) is 0 Å². The van der Waals surface area contributed by atoms with Crippen LogP contribution in [0, 0.1) is 0 Å². The standard InChI is InChI=1S/C18H12N2O3/c1-10(21)20-14-9-5-3-7-12(14)15(18(20)23)16-17(22)11-6-2-4-8-13(11)19-16/h2-9,23H,1H3. The first-order chi connectivity index (χ1) is 11.1. The van der Waals surface area contributed by atoms with Crippen LogP contribution >= 0.6 is 0 Å². The van der Waals surface area contributed by atoms with Crippen molar-refractivity contribution in [1.82, 2.24) is 4.57 Å². The van der Waals surface area contributed by atoms with Crippen molar-refractivity contribution in [2.75, 3.05) is 0 Å². The van der Waals surface area contributed by atoms with Crippen molar-refractivity contribution >= 4 is 34.0 Å². The average molecular weight is 304 g/mol. The monoisotopic (exact) mass is 304 g/mol. The van der Waals surface area contributed by atoms with Crippen LogP contribution in [0.2, 0.25) is 0 Å². The van der Waals surface area contributed by atoms with Gasteiger partial charge in [0.15, 0.2) is 0 Å². The lowest BCUT2D eigenvalue weighted by Crippen LogP contribution is -2.11. The fraction of sp³-hybridized carbons (Fsp3) is 0.0556. The summed E-state index contributed by atoms with van der Waals surface area (Å²) in [6, 6.07) is 14.1. The molecular formula is C18H12N2O3. The second-order valence-corrected chi connectivity index (χ2v) is 5.38. The summed E-state index contributed by atoms with van der Waals surface area (Å²) >= 11 is 0. The number of aromatic nitrogens is 1. The van der Waals surface area contributed by atoms with Gasteiger partial charge in [-0.2, -0.15) is 0 Å². The van der Waals surface area contributed by atoms with Gasteiger partial charge in [-0.15, -0.1) is 0 Å². The molecule has 0 spiro atoms. The van der Waals surface area contributed by atoms with Gasteiger partial charge < -0.3 is 5.11 Å². The molecule has 0 saturated heterocycles. The van der Waals surface area contributed by atoms with Gasteiger partial charge >= 0.3 is 0 Å². The Morgan fingerprint density at radius 3 is 2.52 bits per heavy atom. The first kappa shape index (κ1) is 13.5. The van der Waals surface area contributed by atoms with E-state index in [2.05, 4.69) is 4.99 Å². The first-order valence-electron chi connectivity index (χ1n) is 7.15. The van der Waals surface area contributed by atoms with Crippen LogP contribution in [-0.2, 0) is 0 Å². The van der Waals surface area contributed by atoms with E-state index in [1.165, 1.54) is 11.5 Å². The summed E-state index contributed by atoms with van der Waals surface area (Å²) in [5.41, 5.74) is 2.10. The van der Waals surface area contributed by atoms with Crippen LogP contribution in [0.1, 0.15) is 27.6 Å². The number of aliphatic imine (C=N–C) groups is 1. The molecule has 5 nitrogen and oxygen atoms in total. The van der Waals surface area contributed by atoms with Crippen LogP contribution in [0.25, 0.3) is 10.9 Å². The third-order valence-electron chi connectivity index (χ3n) is 4.00. The third kappa shape index (κ3) is 1.76. The van der Waals surface area contributed by atoms with Crippen molar-refractivity contribution in [2.24, 2.45) is 4.99 Å². The maximum Gasteiger partial charge on any atom is 0.230 e. The van der Waals surface area contributed by atoms with E-state index in [0.29, 0.717) is 27.7 Å². The smallest absolute Gasteiger partial charge is 0.230 e. The molecule has 2 heterocycles. The van der Waals surface area contributed by atoms with Gasteiger partial charge in [-0.25, -0.2) is 4.99 Å². The molecule has 4 rings (SSSR count). The summed E-state index contributed by atoms with van der Waals surface area (Å²) < 4.78 is 1.20. The van der Waals surface area contributed by atoms with E-state index in [-0.39, 0.29) is 23.3 Å². The number of carbonyl (C=O) groups excluding carboxylic acids is 2. The minimum Gasteiger partial charge on any atom is -0.494 e. The van der Waals surface area contributed by atoms with Gasteiger partial charge in [0.05, 0.1) is 16.8 Å². The van der Waals surface area contributed by atoms with Gasteiger partial charge in [-0.1, -0.05) is 30.3 Å². The van der Waals surface area contributed by atoms with Crippen molar-refractivity contribution in [3.8, 4) is 5.88 Å². The Morgan fingerprint density at radius 1 is 1.09 bits per heavy atom. The zero-order valence-electron chi connectivity index (χ0n) is 12.3. The number of ketones is 1. The zero-order chi connectivity index (χ0) is 16.1. The molecule has 0 aliphatic carbocycles. The Morgan fingerprint density at radius 2 is 1.78 bits per heavy atom. The molecule has 0 bridgehead atoms. The Labute approximate surface area is 131 Å². The fourth-order valence-corrected chi connectivity index (χ4v) is 3.01. The van der Waals surface area contributed by atoms with E-state index >= 15 is 0 Å². The molecule has 112 valence electrons. The van der Waals surface area contributed by atoms with Gasteiger partial charge in [0, 0.05) is 17.9 Å². The molecule has 0 radical (unpaired) electrons. The van der Waals surface area contributed by atoms with E-state index in [9.17, 15) is 14.7 Å². The highest BCUT2D eigenvalue weighted by atomic mass is 16.3. The van der Waals surface area contributed by atoms with E-state index in [1.54, 1.807) is 48.5 Å². The molecule has 3 aromatic rings. The average Bonchev–Trinajstić information content (AvgIpc) is 3.01. The number of Topliss-reactive ketones (excluding diaryl/α,β-unsaturated/α-hetero) is 1. The molecule has 0 saturated carbocycles. The van der Waals surface area contributed by atoms with Crippen molar-refractivity contribution in [3.05, 3.63) is 59.7 Å². The summed E-state index contributed by atoms with van der Waals surface area (Å²) in [7, 11) is 0. The third-order valence-corrected chi connectivity index (χ3v) is 4.00. The largest absolute Gasteiger partial charge is 0.494 e. The molecule has 1 aliphatic rings. The predicted octanol–water partition coefficient (Wildman–Crippen LogP) is 3.32. The highest BCUT2D eigenvalue weighted by molar-refractivity contribution is 6.56. The number of benzene rings is 2. The fourth-order valence-electron chi connectivity index (χ4n) is 3.01. The number of carbonyl (C=O) groups is 2. The van der Waals surface area contributed by atoms with Crippen molar-refractivity contribution < 1.29 is 14.7 Å². The molecule has 0 unspecified atom stereocenters. The van der Waals surface area contributed by atoms with Crippen LogP contribution in [0.3, 0.4) is 0 Å². The van der Waals surface area contributed by atoms with Crippen LogP contribution in [0.4, 0.5) is 5.69 Å². The van der Waals surface area contributed by atoms with Gasteiger partial charge in [0.2, 0.25) is 17.6 Å². The Hall–Kier alpha value is -3.21. The van der Waals surface area contributed by atoms with Crippen LogP contribution < -0.4 is 0 Å². The molecular weight excluding hydrogens is 292 g/mol. The lowest BCUT2D eigenvalue weighted by Gasteiger charge is -2.01. The summed E-state index contributed by atoms with van der Waals surface area (Å²) in [5, 5.41) is 11.2. The summed E-state index contributed by atoms with van der Waals surface area (Å²) in [6.45, 7) is 1.36. The molecule has 0 atom stereocenters. The van der Waals surface area contributed by atoms with Crippen molar-refractivity contribution in [1.29, 1.82) is 0 Å². The van der Waals surface area contributed by atoms with Crippen LogP contribution in [0.15, 0.2) is 53.5 Å². The second kappa shape index (κ2) is 4.64. The molecule has 1 aromatic heterocycles. The van der Waals surface area contributed by atoms with E-state index in [4.69, 9.17) is 0 Å². The van der Waals surface area contributed by atoms with E-state index in [0.717, 1.165) is 0 Å². The summed E-state index contributed by atoms with van der Waals surface area (Å²) in [4.78, 5) is 28.9. The molecule has 0 fully saturated rings. The molecule has 5 heteroatoms. The minimum absolute atomic E-state index is 0.167. The van der Waals surface area contributed by atoms with Gasteiger partial charge in [-0.05, 0) is 18.2 Å². The topological polar surface area (TPSA) is 71.7 Å². The lowest BCUT2D eigenvalue weighted by atomic mass is 10.0. The highest BCUT2D eigenvalue weighted by Gasteiger charge is 2.31. The zero-order valence-corrected chi connectivity index (χ0v) is 12.3.